The Morgan fingerprint density at radius 2 is 1.06 bits per heavy atom. The van der Waals surface area contributed by atoms with Gasteiger partial charge >= 0.3 is 19.8 Å². The van der Waals surface area contributed by atoms with Crippen molar-refractivity contribution in [2.24, 2.45) is 5.73 Å². The molecule has 1 radical (unpaired) electrons. The molecule has 495 valence electrons. The SMILES string of the molecule is CCCCCCCCCCCCCCCC(=O)OC[C@H](COP(=O)(O)OCCNC(=O)[C@H](C)NC(=O)CC[C@@H](NC(=O)[C@H](C)NC(=O)[C@@H](C)O[C@@H]([C@H](O)[C@H](O)CO)[C@H](C=O)NC(C)=O)C(N)=O)OC(=O)CCCCCCCCCCCCCCC.[Na]. The Morgan fingerprint density at radius 1 is 0.593 bits per heavy atom. The minimum atomic E-state index is -4.81. The van der Waals surface area contributed by atoms with Crippen LogP contribution in [0.4, 0.5) is 0 Å². The van der Waals surface area contributed by atoms with Crippen LogP contribution in [0.25, 0.3) is 0 Å². The van der Waals surface area contributed by atoms with Crippen molar-refractivity contribution in [1.29, 1.82) is 0 Å². The molecule has 0 aliphatic carbocycles. The second kappa shape index (κ2) is 53.2. The first-order valence-electron chi connectivity index (χ1n) is 31.3. The van der Waals surface area contributed by atoms with Crippen molar-refractivity contribution < 1.29 is 91.2 Å². The maximum atomic E-state index is 13.0. The van der Waals surface area contributed by atoms with Crippen molar-refractivity contribution in [1.82, 2.24) is 26.6 Å². The third kappa shape index (κ3) is 44.8. The van der Waals surface area contributed by atoms with Crippen molar-refractivity contribution in [3.63, 3.8) is 0 Å². The number of esters is 2. The molecule has 10 atom stereocenters. The van der Waals surface area contributed by atoms with Crippen LogP contribution in [-0.2, 0) is 71.0 Å². The van der Waals surface area contributed by atoms with Crippen LogP contribution >= 0.6 is 7.82 Å². The molecule has 0 aliphatic rings. The van der Waals surface area contributed by atoms with E-state index >= 15 is 0 Å². The van der Waals surface area contributed by atoms with Gasteiger partial charge in [-0.2, -0.15) is 0 Å². The Labute approximate surface area is 533 Å². The van der Waals surface area contributed by atoms with Crippen molar-refractivity contribution >= 4 is 91.0 Å². The van der Waals surface area contributed by atoms with Gasteiger partial charge in [0, 0.05) is 62.3 Å². The number of aldehydes is 1. The molecule has 1 unspecified atom stereocenters. The number of carbonyl (C=O) groups is 9. The standard InChI is InChI=1S/C59H109N6O19P.Na/c1-7-9-11-13-15-17-19-21-23-25-27-29-31-33-52(71)80-41-47(84-53(72)34-32-30-28-26-24-22-20-18-16-14-12-10-8-2)42-82-85(78,79)81-38-37-61-57(75)43(3)62-51(70)36-35-48(56(60)74)65-58(76)44(4)63-59(77)45(5)83-55(54(73)50(69)40-67)49(39-66)64-46(6)68;/h39,43-45,47-50,54-55,67,69,73H,7-38,40-42H2,1-6H3,(H2,60,74)(H,61,75)(H,62,70)(H,63,77)(H,64,68)(H,65,76)(H,78,79);/t43-,44-,45+,47+,48+,49-,50+,54+,55+;/m0./s1. The summed E-state index contributed by atoms with van der Waals surface area (Å²) in [5.74, 6) is -6.18. The summed E-state index contributed by atoms with van der Waals surface area (Å²) < 4.78 is 39.5. The zero-order valence-corrected chi connectivity index (χ0v) is 55.9. The molecule has 0 fully saturated rings. The van der Waals surface area contributed by atoms with E-state index in [1.54, 1.807) is 0 Å². The largest absolute Gasteiger partial charge is 0.472 e. The Hall–Kier alpha value is -3.62. The number of unbranched alkanes of at least 4 members (excludes halogenated alkanes) is 24. The van der Waals surface area contributed by atoms with Crippen molar-refractivity contribution in [2.45, 2.75) is 289 Å². The van der Waals surface area contributed by atoms with Crippen LogP contribution in [0, 0.1) is 0 Å². The van der Waals surface area contributed by atoms with Crippen LogP contribution in [0.5, 0.6) is 0 Å². The van der Waals surface area contributed by atoms with Gasteiger partial charge in [-0.25, -0.2) is 4.57 Å². The van der Waals surface area contributed by atoms with E-state index in [9.17, 15) is 67.9 Å². The molecule has 0 heterocycles. The third-order valence-electron chi connectivity index (χ3n) is 14.1. The summed E-state index contributed by atoms with van der Waals surface area (Å²) in [6.45, 7) is 6.40. The van der Waals surface area contributed by atoms with Gasteiger partial charge in [0.2, 0.25) is 35.4 Å². The van der Waals surface area contributed by atoms with Gasteiger partial charge in [-0.15, -0.1) is 0 Å². The number of phosphoric acid groups is 1. The number of rotatable bonds is 56. The van der Waals surface area contributed by atoms with E-state index in [1.807, 2.05) is 0 Å². The quantitative estimate of drug-likeness (QED) is 0.0123. The van der Waals surface area contributed by atoms with Gasteiger partial charge in [-0.05, 0) is 40.0 Å². The molecule has 0 aliphatic heterocycles. The fraction of sp³-hybridized carbons (Fsp3) is 0.847. The Kier molecular flexibility index (Phi) is 52.3. The number of hydrogen-bond donors (Lipinski definition) is 10. The molecule has 0 aromatic heterocycles. The average molecular weight is 1260 g/mol. The minimum absolute atomic E-state index is 0. The number of nitrogens with two attached hydrogens (primary N) is 1. The number of aliphatic hydroxyl groups excluding tert-OH is 3. The molecule has 0 aromatic rings. The van der Waals surface area contributed by atoms with Crippen LogP contribution in [0.2, 0.25) is 0 Å². The zero-order chi connectivity index (χ0) is 63.8. The summed E-state index contributed by atoms with van der Waals surface area (Å²) in [4.78, 5) is 123. The molecule has 11 N–H and O–H groups in total. The molecule has 0 saturated carbocycles. The predicted octanol–water partition coefficient (Wildman–Crippen LogP) is 5.22. The third-order valence-corrected chi connectivity index (χ3v) is 15.1. The number of primary amides is 1. The first-order valence-corrected chi connectivity index (χ1v) is 32.8. The number of aliphatic hydroxyl groups is 3. The summed E-state index contributed by atoms with van der Waals surface area (Å²) in [6.07, 6.45) is 21.3. The van der Waals surface area contributed by atoms with Gasteiger partial charge in [-0.3, -0.25) is 47.4 Å². The van der Waals surface area contributed by atoms with Crippen LogP contribution in [0.1, 0.15) is 234 Å². The summed E-state index contributed by atoms with van der Waals surface area (Å²) in [7, 11) is -4.81. The summed E-state index contributed by atoms with van der Waals surface area (Å²) >= 11 is 0. The topological polar surface area (TPSA) is 384 Å². The Bertz CT molecular complexity index is 1950. The number of ether oxygens (including phenoxy) is 3. The number of carbonyl (C=O) groups excluding carboxylic acids is 9. The fourth-order valence-corrected chi connectivity index (χ4v) is 9.71. The van der Waals surface area contributed by atoms with E-state index in [0.717, 1.165) is 51.9 Å². The molecule has 0 aromatic carbocycles. The molecule has 25 nitrogen and oxygen atoms in total. The molecule has 0 bridgehead atoms. The Balaban J connectivity index is 0. The molecule has 86 heavy (non-hydrogen) atoms. The van der Waals surface area contributed by atoms with Crippen LogP contribution in [0.15, 0.2) is 0 Å². The van der Waals surface area contributed by atoms with Crippen molar-refractivity contribution in [3.05, 3.63) is 0 Å². The summed E-state index contributed by atoms with van der Waals surface area (Å²) in [5.41, 5.74) is 5.46. The first-order chi connectivity index (χ1) is 40.5. The van der Waals surface area contributed by atoms with E-state index in [1.165, 1.54) is 130 Å². The second-order valence-corrected chi connectivity index (χ2v) is 23.5. The molecule has 6 amide bonds. The molecule has 0 rings (SSSR count). The van der Waals surface area contributed by atoms with E-state index in [4.69, 9.17) is 29.0 Å². The van der Waals surface area contributed by atoms with Crippen LogP contribution in [-0.4, -0.2) is 191 Å². The van der Waals surface area contributed by atoms with Crippen molar-refractivity contribution in [3.8, 4) is 0 Å². The van der Waals surface area contributed by atoms with E-state index < -0.39 is 143 Å². The summed E-state index contributed by atoms with van der Waals surface area (Å²) in [5, 5.41) is 41.4. The summed E-state index contributed by atoms with van der Waals surface area (Å²) in [6, 6.07) is -5.52. The normalized spacial score (nSPS) is 15.1. The molecule has 0 saturated heterocycles. The fourth-order valence-electron chi connectivity index (χ4n) is 8.96. The van der Waals surface area contributed by atoms with Crippen molar-refractivity contribution in [2.75, 3.05) is 33.0 Å². The maximum absolute atomic E-state index is 13.0. The van der Waals surface area contributed by atoms with Gasteiger partial charge in [0.05, 0.1) is 19.8 Å². The van der Waals surface area contributed by atoms with Gasteiger partial charge < -0.3 is 71.5 Å². The first kappa shape index (κ1) is 84.4. The number of amides is 6. The molecule has 27 heteroatoms. The van der Waals surface area contributed by atoms with Gasteiger partial charge in [-0.1, -0.05) is 168 Å². The molecular formula is C59H109N6NaO19P. The van der Waals surface area contributed by atoms with E-state index in [0.29, 0.717) is 12.8 Å². The van der Waals surface area contributed by atoms with Gasteiger partial charge in [0.15, 0.2) is 6.10 Å². The van der Waals surface area contributed by atoms with Gasteiger partial charge in [0.25, 0.3) is 0 Å². The van der Waals surface area contributed by atoms with E-state index in [2.05, 4.69) is 40.4 Å². The molecular weight excluding hydrogens is 1150 g/mol. The minimum Gasteiger partial charge on any atom is -0.462 e. The smallest absolute Gasteiger partial charge is 0.462 e. The molecule has 0 spiro atoms. The van der Waals surface area contributed by atoms with Crippen LogP contribution in [0.3, 0.4) is 0 Å². The average Bonchev–Trinajstić information content (AvgIpc) is 3.35. The Morgan fingerprint density at radius 3 is 1.51 bits per heavy atom. The maximum Gasteiger partial charge on any atom is 0.472 e. The van der Waals surface area contributed by atoms with Crippen LogP contribution < -0.4 is 32.3 Å². The zero-order valence-electron chi connectivity index (χ0n) is 53.0. The number of hydrogen-bond acceptors (Lipinski definition) is 18. The van der Waals surface area contributed by atoms with Gasteiger partial charge in [0.1, 0.15) is 61.5 Å². The van der Waals surface area contributed by atoms with E-state index in [-0.39, 0.29) is 61.7 Å². The monoisotopic (exact) mass is 1260 g/mol. The number of phosphoric ester groups is 1. The number of nitrogens with one attached hydrogen (secondary N) is 5. The predicted molar refractivity (Wildman–Crippen MR) is 325 cm³/mol. The second-order valence-electron chi connectivity index (χ2n) is 22.0.